The van der Waals surface area contributed by atoms with Crippen molar-refractivity contribution < 1.29 is 9.18 Å². The second-order valence-electron chi connectivity index (χ2n) is 6.35. The number of Topliss-reactive ketones (excluding diaryl/α,β-unsaturated/α-hetero) is 1. The molecule has 0 amide bonds. The zero-order valence-electron chi connectivity index (χ0n) is 14.1. The van der Waals surface area contributed by atoms with E-state index in [4.69, 9.17) is 5.73 Å². The third-order valence-electron chi connectivity index (χ3n) is 4.22. The highest BCUT2D eigenvalue weighted by atomic mass is 32.2. The van der Waals surface area contributed by atoms with E-state index in [0.717, 1.165) is 17.7 Å². The number of nitrogens with two attached hydrogens (primary N) is 1. The van der Waals surface area contributed by atoms with Gasteiger partial charge >= 0.3 is 0 Å². The Kier molecular flexibility index (Phi) is 4.85. The van der Waals surface area contributed by atoms with Crippen LogP contribution in [0.3, 0.4) is 0 Å². The fourth-order valence-electron chi connectivity index (χ4n) is 2.78. The molecule has 3 rings (SSSR count). The first-order valence-electron chi connectivity index (χ1n) is 7.95. The second-order valence-corrected chi connectivity index (χ2v) is 7.46. The van der Waals surface area contributed by atoms with Gasteiger partial charge in [-0.25, -0.2) is 9.37 Å². The van der Waals surface area contributed by atoms with Crippen LogP contribution < -0.4 is 5.73 Å². The number of hydrogen-bond acceptors (Lipinski definition) is 6. The molecule has 1 aliphatic rings. The molecule has 0 saturated carbocycles. The van der Waals surface area contributed by atoms with E-state index in [0.29, 0.717) is 16.3 Å². The highest BCUT2D eigenvalue weighted by Crippen LogP contribution is 2.34. The largest absolute Gasteiger partial charge is 0.379 e. The Bertz CT molecular complexity index is 855. The quantitative estimate of drug-likeness (QED) is 0.850. The average molecular weight is 358 g/mol. The summed E-state index contributed by atoms with van der Waals surface area (Å²) < 4.78 is 13.9. The van der Waals surface area contributed by atoms with E-state index in [1.54, 1.807) is 19.3 Å². The lowest BCUT2D eigenvalue weighted by atomic mass is 9.90. The lowest BCUT2D eigenvalue weighted by Gasteiger charge is -2.29. The minimum absolute atomic E-state index is 0.0395. The molecular formula is C18H19FN4OS. The van der Waals surface area contributed by atoms with Gasteiger partial charge in [0.1, 0.15) is 5.69 Å². The van der Waals surface area contributed by atoms with Gasteiger partial charge in [-0.2, -0.15) is 0 Å². The number of pyridine rings is 2. The molecule has 5 nitrogen and oxygen atoms in total. The normalized spacial score (nSPS) is 20.2. The van der Waals surface area contributed by atoms with Crippen molar-refractivity contribution in [3.8, 4) is 0 Å². The van der Waals surface area contributed by atoms with Crippen LogP contribution in [0.25, 0.3) is 0 Å². The lowest BCUT2D eigenvalue weighted by molar-refractivity contribution is 0.0983. The van der Waals surface area contributed by atoms with Gasteiger partial charge < -0.3 is 5.73 Å². The van der Waals surface area contributed by atoms with E-state index in [1.807, 2.05) is 13.0 Å². The number of aromatic nitrogens is 2. The lowest BCUT2D eigenvalue weighted by Crippen LogP contribution is -2.29. The van der Waals surface area contributed by atoms with Crippen molar-refractivity contribution in [1.82, 2.24) is 9.97 Å². The van der Waals surface area contributed by atoms with Crippen LogP contribution in [0, 0.1) is 12.7 Å². The number of aliphatic imine (C=N–C) groups is 1. The predicted molar refractivity (Wildman–Crippen MR) is 97.3 cm³/mol. The molecule has 0 aromatic carbocycles. The zero-order chi connectivity index (χ0) is 18.0. The summed E-state index contributed by atoms with van der Waals surface area (Å²) in [7, 11) is 0. The average Bonchev–Trinajstić information content (AvgIpc) is 2.54. The van der Waals surface area contributed by atoms with Crippen molar-refractivity contribution in [3.63, 3.8) is 0 Å². The molecule has 0 spiro atoms. The molecule has 1 atom stereocenters. The Hall–Kier alpha value is -2.28. The number of halogens is 1. The number of rotatable bonds is 4. The van der Waals surface area contributed by atoms with Crippen LogP contribution in [0.1, 0.15) is 40.5 Å². The molecule has 0 bridgehead atoms. The third kappa shape index (κ3) is 3.87. The van der Waals surface area contributed by atoms with Crippen molar-refractivity contribution in [2.45, 2.75) is 32.2 Å². The molecule has 0 aliphatic carbocycles. The first-order chi connectivity index (χ1) is 11.9. The van der Waals surface area contributed by atoms with Crippen molar-refractivity contribution >= 4 is 22.7 Å². The minimum Gasteiger partial charge on any atom is -0.379 e. The first-order valence-corrected chi connectivity index (χ1v) is 8.94. The number of nitrogens with zero attached hydrogens (tertiary/aromatic N) is 3. The van der Waals surface area contributed by atoms with Crippen LogP contribution in [0.15, 0.2) is 35.7 Å². The number of carbonyl (C=O) groups is 1. The molecule has 0 saturated heterocycles. The van der Waals surface area contributed by atoms with E-state index in [1.165, 1.54) is 24.0 Å². The van der Waals surface area contributed by atoms with E-state index >= 15 is 0 Å². The maximum Gasteiger partial charge on any atom is 0.188 e. The summed E-state index contributed by atoms with van der Waals surface area (Å²) >= 11 is 1.53. The van der Waals surface area contributed by atoms with Crippen molar-refractivity contribution in [2.24, 2.45) is 10.7 Å². The fourth-order valence-corrected chi connectivity index (χ4v) is 3.76. The Morgan fingerprint density at radius 2 is 2.16 bits per heavy atom. The maximum absolute atomic E-state index is 13.9. The summed E-state index contributed by atoms with van der Waals surface area (Å²) in [5, 5.41) is 0.557. The van der Waals surface area contributed by atoms with Gasteiger partial charge in [0.2, 0.25) is 0 Å². The van der Waals surface area contributed by atoms with Crippen LogP contribution in [-0.4, -0.2) is 26.7 Å². The number of aryl methyl sites for hydroxylation is 1. The van der Waals surface area contributed by atoms with Crippen LogP contribution in [0.2, 0.25) is 0 Å². The highest BCUT2D eigenvalue weighted by Gasteiger charge is 2.30. The molecule has 3 heterocycles. The van der Waals surface area contributed by atoms with E-state index in [-0.39, 0.29) is 17.9 Å². The number of hydrogen-bond donors (Lipinski definition) is 1. The fraction of sp³-hybridized carbons (Fsp3) is 0.333. The molecule has 130 valence electrons. The van der Waals surface area contributed by atoms with Gasteiger partial charge in [-0.05, 0) is 49.1 Å². The Labute approximate surface area is 150 Å². The van der Waals surface area contributed by atoms with Gasteiger partial charge in [0.05, 0.1) is 5.54 Å². The smallest absolute Gasteiger partial charge is 0.188 e. The Balaban J connectivity index is 1.85. The number of carbonyl (C=O) groups excluding carboxylic acids is 1. The molecule has 2 N–H and O–H groups in total. The zero-order valence-corrected chi connectivity index (χ0v) is 14.9. The molecule has 1 aliphatic heterocycles. The summed E-state index contributed by atoms with van der Waals surface area (Å²) in [4.78, 5) is 25.1. The number of thioether (sulfide) groups is 1. The van der Waals surface area contributed by atoms with Gasteiger partial charge in [0.25, 0.3) is 0 Å². The summed E-state index contributed by atoms with van der Waals surface area (Å²) in [6, 6.07) is 3.21. The predicted octanol–water partition coefficient (Wildman–Crippen LogP) is 3.02. The number of ketones is 1. The third-order valence-corrected chi connectivity index (χ3v) is 5.01. The number of amidine groups is 1. The van der Waals surface area contributed by atoms with Crippen molar-refractivity contribution in [2.75, 3.05) is 5.75 Å². The molecule has 0 radical (unpaired) electrons. The molecule has 7 heteroatoms. The SMILES string of the molecule is Cc1cnc(C(=O)Cc2cncc([C@]3(C)CCSC(N)=N3)c2)c(F)c1. The Morgan fingerprint density at radius 3 is 2.88 bits per heavy atom. The molecule has 0 fully saturated rings. The van der Waals surface area contributed by atoms with E-state index in [9.17, 15) is 9.18 Å². The van der Waals surface area contributed by atoms with Crippen LogP contribution >= 0.6 is 11.8 Å². The summed E-state index contributed by atoms with van der Waals surface area (Å²) in [6.07, 6.45) is 5.72. The summed E-state index contributed by atoms with van der Waals surface area (Å²) in [5.41, 5.74) is 7.55. The Morgan fingerprint density at radius 1 is 1.36 bits per heavy atom. The molecule has 0 unspecified atom stereocenters. The van der Waals surface area contributed by atoms with Gasteiger partial charge in [-0.1, -0.05) is 11.8 Å². The van der Waals surface area contributed by atoms with Gasteiger partial charge in [-0.15, -0.1) is 0 Å². The van der Waals surface area contributed by atoms with Crippen molar-refractivity contribution in [3.05, 3.63) is 58.9 Å². The topological polar surface area (TPSA) is 81.2 Å². The van der Waals surface area contributed by atoms with Gasteiger partial charge in [0.15, 0.2) is 16.8 Å². The van der Waals surface area contributed by atoms with E-state index in [2.05, 4.69) is 15.0 Å². The minimum atomic E-state index is -0.595. The summed E-state index contributed by atoms with van der Waals surface area (Å²) in [6.45, 7) is 3.73. The second kappa shape index (κ2) is 6.92. The maximum atomic E-state index is 13.9. The van der Waals surface area contributed by atoms with Gasteiger partial charge in [0, 0.05) is 30.8 Å². The standard InChI is InChI=1S/C18H19FN4OS/c1-11-5-14(19)16(22-8-11)15(24)7-12-6-13(10-21-9-12)18(2)3-4-25-17(20)23-18/h5-6,8-10H,3-4,7H2,1-2H3,(H2,20,23)/t18-/m0/s1. The molecule has 25 heavy (non-hydrogen) atoms. The van der Waals surface area contributed by atoms with Crippen molar-refractivity contribution in [1.29, 1.82) is 0 Å². The summed E-state index contributed by atoms with van der Waals surface area (Å²) in [5.74, 6) is -0.0837. The molecule has 2 aromatic heterocycles. The van der Waals surface area contributed by atoms with E-state index < -0.39 is 11.4 Å². The van der Waals surface area contributed by atoms with Gasteiger partial charge in [-0.3, -0.25) is 14.8 Å². The van der Waals surface area contributed by atoms with Crippen LogP contribution in [0.4, 0.5) is 4.39 Å². The first kappa shape index (κ1) is 17.5. The van der Waals surface area contributed by atoms with Crippen LogP contribution in [-0.2, 0) is 12.0 Å². The molecule has 2 aromatic rings. The molecular weight excluding hydrogens is 339 g/mol. The monoisotopic (exact) mass is 358 g/mol. The van der Waals surface area contributed by atoms with Crippen LogP contribution in [0.5, 0.6) is 0 Å². The highest BCUT2D eigenvalue weighted by molar-refractivity contribution is 8.13.